The number of aromatic nitrogens is 3. The van der Waals surface area contributed by atoms with Crippen LogP contribution in [-0.2, 0) is 5.41 Å². The number of hydrogen-bond acceptors (Lipinski definition) is 4. The zero-order valence-electron chi connectivity index (χ0n) is 32.5. The summed E-state index contributed by atoms with van der Waals surface area (Å²) >= 11 is 0. The molecule has 0 radical (unpaired) electrons. The van der Waals surface area contributed by atoms with Crippen molar-refractivity contribution >= 4 is 10.9 Å². The van der Waals surface area contributed by atoms with Crippen LogP contribution < -0.4 is 4.74 Å². The van der Waals surface area contributed by atoms with E-state index in [1.165, 1.54) is 27.8 Å². The van der Waals surface area contributed by atoms with Crippen LogP contribution in [0.4, 0.5) is 0 Å². The van der Waals surface area contributed by atoms with Crippen LogP contribution >= 0.6 is 0 Å². The van der Waals surface area contributed by atoms with Gasteiger partial charge >= 0.3 is 0 Å². The van der Waals surface area contributed by atoms with Gasteiger partial charge < -0.3 is 4.74 Å². The lowest BCUT2D eigenvalue weighted by Crippen LogP contribution is -2.32. The van der Waals surface area contributed by atoms with Crippen molar-refractivity contribution in [3.8, 4) is 78.8 Å². The molecule has 280 valence electrons. The first-order valence-electron chi connectivity index (χ1n) is 20.3. The van der Waals surface area contributed by atoms with Gasteiger partial charge in [0.05, 0.1) is 22.3 Å². The first kappa shape index (κ1) is 34.1. The van der Waals surface area contributed by atoms with E-state index in [0.29, 0.717) is 5.82 Å². The van der Waals surface area contributed by atoms with Crippen LogP contribution in [0.5, 0.6) is 11.5 Å². The van der Waals surface area contributed by atoms with Crippen molar-refractivity contribution < 1.29 is 4.74 Å². The van der Waals surface area contributed by atoms with Crippen LogP contribution in [0.15, 0.2) is 212 Å². The highest BCUT2D eigenvalue weighted by molar-refractivity contribution is 5.93. The molecule has 2 aliphatic rings. The van der Waals surface area contributed by atoms with E-state index in [4.69, 9.17) is 19.7 Å². The third kappa shape index (κ3) is 5.35. The summed E-state index contributed by atoms with van der Waals surface area (Å²) in [5.41, 5.74) is 16.8. The summed E-state index contributed by atoms with van der Waals surface area (Å²) < 4.78 is 6.64. The maximum Gasteiger partial charge on any atom is 0.160 e. The Morgan fingerprint density at radius 1 is 0.350 bits per heavy atom. The quantitative estimate of drug-likeness (QED) is 0.175. The third-order valence-corrected chi connectivity index (χ3v) is 12.2. The molecule has 60 heavy (non-hydrogen) atoms. The molecule has 12 rings (SSSR count). The monoisotopic (exact) mass is 765 g/mol. The summed E-state index contributed by atoms with van der Waals surface area (Å²) in [5.74, 6) is 2.42. The van der Waals surface area contributed by atoms with Crippen LogP contribution in [0.1, 0.15) is 22.3 Å². The topological polar surface area (TPSA) is 47.9 Å². The predicted molar refractivity (Wildman–Crippen MR) is 242 cm³/mol. The summed E-state index contributed by atoms with van der Waals surface area (Å²) in [7, 11) is 0. The molecule has 0 N–H and O–H groups in total. The molecule has 0 saturated carbocycles. The van der Waals surface area contributed by atoms with E-state index in [-0.39, 0.29) is 0 Å². The number of nitrogens with zero attached hydrogens (tertiary/aromatic N) is 3. The molecule has 4 nitrogen and oxygen atoms in total. The number of fused-ring (bicyclic) bond motifs is 10. The third-order valence-electron chi connectivity index (χ3n) is 12.2. The van der Waals surface area contributed by atoms with E-state index in [1.807, 2.05) is 36.5 Å². The van der Waals surface area contributed by atoms with Crippen LogP contribution in [0.3, 0.4) is 0 Å². The molecule has 1 aliphatic heterocycles. The molecule has 0 bridgehead atoms. The van der Waals surface area contributed by atoms with E-state index >= 15 is 0 Å². The summed E-state index contributed by atoms with van der Waals surface area (Å²) in [5, 5.41) is 1.12. The van der Waals surface area contributed by atoms with Crippen molar-refractivity contribution in [2.75, 3.05) is 0 Å². The number of benzene rings is 8. The number of pyridine rings is 1. The molecule has 3 heterocycles. The highest BCUT2D eigenvalue weighted by atomic mass is 16.5. The Kier molecular flexibility index (Phi) is 7.72. The Morgan fingerprint density at radius 3 is 1.60 bits per heavy atom. The minimum absolute atomic E-state index is 0.595. The van der Waals surface area contributed by atoms with Crippen LogP contribution in [-0.4, -0.2) is 15.0 Å². The van der Waals surface area contributed by atoms with Gasteiger partial charge in [-0.3, -0.25) is 4.98 Å². The van der Waals surface area contributed by atoms with Crippen molar-refractivity contribution in [2.45, 2.75) is 5.41 Å². The van der Waals surface area contributed by atoms with Crippen molar-refractivity contribution in [3.63, 3.8) is 0 Å². The smallest absolute Gasteiger partial charge is 0.160 e. The average Bonchev–Trinajstić information content (AvgIpc) is 3.61. The second-order valence-electron chi connectivity index (χ2n) is 15.6. The van der Waals surface area contributed by atoms with Gasteiger partial charge in [-0.2, -0.15) is 0 Å². The SMILES string of the molecule is c1ccc(-c2cccc(-c3cc(-c4ccc5c(c4)-c4cc(-c6ccc7cccnc7c6)ccc4C54c5ccccc5Oc5ccccc54)nc(-c4ccccc4)n3)c2)cc1. The van der Waals surface area contributed by atoms with Gasteiger partial charge in [0.25, 0.3) is 0 Å². The zero-order valence-corrected chi connectivity index (χ0v) is 32.5. The largest absolute Gasteiger partial charge is 0.457 e. The lowest BCUT2D eigenvalue weighted by molar-refractivity contribution is 0.436. The molecule has 2 aromatic heterocycles. The summed E-state index contributed by atoms with van der Waals surface area (Å²) in [6, 6.07) is 73.1. The minimum atomic E-state index is -0.595. The van der Waals surface area contributed by atoms with Gasteiger partial charge in [-0.25, -0.2) is 9.97 Å². The van der Waals surface area contributed by atoms with E-state index in [1.54, 1.807) is 0 Å². The van der Waals surface area contributed by atoms with Gasteiger partial charge in [0.15, 0.2) is 5.82 Å². The lowest BCUT2D eigenvalue weighted by atomic mass is 9.66. The Morgan fingerprint density at radius 2 is 0.883 bits per heavy atom. The van der Waals surface area contributed by atoms with Crippen LogP contribution in [0, 0.1) is 0 Å². The van der Waals surface area contributed by atoms with Gasteiger partial charge in [0.1, 0.15) is 11.5 Å². The van der Waals surface area contributed by atoms with Crippen molar-refractivity contribution in [2.24, 2.45) is 0 Å². The molecule has 0 fully saturated rings. The molecular weight excluding hydrogens is 731 g/mol. The standard InChI is InChI=1S/C56H35N3O/c1-3-13-36(14-4-1)39-17-11-18-42(31-39)51-35-52(59-55(58-51)38-15-5-2-6-16-38)43-27-29-47-45(33-43)44-32-40(41-25-24-37-19-12-30-57-50(37)34-41)26-28-46(44)56(47)48-20-7-9-22-53(48)60-54-23-10-8-21-49(54)56/h1-35H. The molecule has 8 aromatic carbocycles. The van der Waals surface area contributed by atoms with E-state index in [2.05, 4.69) is 176 Å². The fourth-order valence-corrected chi connectivity index (χ4v) is 9.44. The van der Waals surface area contributed by atoms with Crippen molar-refractivity contribution in [1.29, 1.82) is 0 Å². The summed E-state index contributed by atoms with van der Waals surface area (Å²) in [4.78, 5) is 15.2. The minimum Gasteiger partial charge on any atom is -0.457 e. The summed E-state index contributed by atoms with van der Waals surface area (Å²) in [6.07, 6.45) is 1.86. The molecule has 4 heteroatoms. The van der Waals surface area contributed by atoms with E-state index < -0.39 is 5.41 Å². The predicted octanol–water partition coefficient (Wildman–Crippen LogP) is 13.8. The fraction of sp³-hybridized carbons (Fsp3) is 0.0179. The van der Waals surface area contributed by atoms with Crippen LogP contribution in [0.25, 0.3) is 78.2 Å². The Hall–Kier alpha value is -7.95. The van der Waals surface area contributed by atoms with E-state index in [9.17, 15) is 0 Å². The Labute approximate surface area is 348 Å². The van der Waals surface area contributed by atoms with Crippen LogP contribution in [0.2, 0.25) is 0 Å². The zero-order chi connectivity index (χ0) is 39.6. The Bertz CT molecular complexity index is 3260. The number of ether oxygens (including phenoxy) is 1. The second kappa shape index (κ2) is 13.6. The van der Waals surface area contributed by atoms with Crippen molar-refractivity contribution in [1.82, 2.24) is 15.0 Å². The number of para-hydroxylation sites is 2. The number of rotatable bonds is 5. The van der Waals surface area contributed by atoms with Gasteiger partial charge in [0, 0.05) is 39.4 Å². The highest BCUT2D eigenvalue weighted by Crippen LogP contribution is 2.62. The first-order valence-corrected chi connectivity index (χ1v) is 20.3. The van der Waals surface area contributed by atoms with Gasteiger partial charge in [-0.05, 0) is 93.0 Å². The molecule has 1 aliphatic carbocycles. The molecule has 0 amide bonds. The van der Waals surface area contributed by atoms with Gasteiger partial charge in [0.2, 0.25) is 0 Å². The number of hydrogen-bond donors (Lipinski definition) is 0. The lowest BCUT2D eigenvalue weighted by Gasteiger charge is -2.39. The molecule has 10 aromatic rings. The molecule has 0 saturated heterocycles. The van der Waals surface area contributed by atoms with Gasteiger partial charge in [-0.15, -0.1) is 0 Å². The molecule has 0 unspecified atom stereocenters. The average molecular weight is 766 g/mol. The maximum absolute atomic E-state index is 6.64. The normalized spacial score (nSPS) is 12.9. The molecular formula is C56H35N3O. The maximum atomic E-state index is 6.64. The summed E-state index contributed by atoms with van der Waals surface area (Å²) in [6.45, 7) is 0. The molecule has 0 atom stereocenters. The highest BCUT2D eigenvalue weighted by Gasteiger charge is 2.51. The second-order valence-corrected chi connectivity index (χ2v) is 15.6. The first-order chi connectivity index (χ1) is 29.7. The van der Waals surface area contributed by atoms with Crippen molar-refractivity contribution in [3.05, 3.63) is 235 Å². The fourth-order valence-electron chi connectivity index (χ4n) is 9.44. The van der Waals surface area contributed by atoms with E-state index in [0.717, 1.165) is 78.3 Å². The molecule has 1 spiro atoms. The van der Waals surface area contributed by atoms with Gasteiger partial charge in [-0.1, -0.05) is 158 Å². The Balaban J connectivity index is 1.09.